The molecule has 0 radical (unpaired) electrons. The highest BCUT2D eigenvalue weighted by atomic mass is 35.5. The Bertz CT molecular complexity index is 267. The number of rotatable bonds is 3. The van der Waals surface area contributed by atoms with Crippen molar-refractivity contribution in [2.75, 3.05) is 0 Å². The zero-order chi connectivity index (χ0) is 8.55. The Balaban J connectivity index is 1.97. The average molecular weight is 186 g/mol. The van der Waals surface area contributed by atoms with Crippen molar-refractivity contribution in [3.63, 3.8) is 0 Å². The van der Waals surface area contributed by atoms with Crippen LogP contribution < -0.4 is 5.73 Å². The largest absolute Gasteiger partial charge is 0.448 e. The normalized spacial score (nSPS) is 19.5. The maximum absolute atomic E-state index is 5.90. The minimum atomic E-state index is 0.0324. The van der Waals surface area contributed by atoms with Crippen LogP contribution in [0.25, 0.3) is 0 Å². The Kier molecular flexibility index (Phi) is 2.11. The van der Waals surface area contributed by atoms with Gasteiger partial charge in [0, 0.05) is 0 Å². The molecule has 1 fully saturated rings. The maximum Gasteiger partial charge on any atom is 0.193 e. The first kappa shape index (κ1) is 8.14. The second-order valence-electron chi connectivity index (χ2n) is 3.43. The average Bonchev–Trinajstić information content (AvgIpc) is 2.72. The molecule has 1 heterocycles. The van der Waals surface area contributed by atoms with E-state index in [1.807, 2.05) is 6.07 Å². The zero-order valence-electron chi connectivity index (χ0n) is 6.79. The van der Waals surface area contributed by atoms with E-state index >= 15 is 0 Å². The lowest BCUT2D eigenvalue weighted by Gasteiger charge is -2.06. The summed E-state index contributed by atoms with van der Waals surface area (Å²) in [5.41, 5.74) is 5.90. The first-order valence-electron chi connectivity index (χ1n) is 4.26. The molecule has 2 nitrogen and oxygen atoms in total. The smallest absolute Gasteiger partial charge is 0.193 e. The molecule has 2 rings (SSSR count). The molecule has 3 heteroatoms. The minimum Gasteiger partial charge on any atom is -0.448 e. The molecular weight excluding hydrogens is 174 g/mol. The highest BCUT2D eigenvalue weighted by molar-refractivity contribution is 6.28. The fraction of sp³-hybridized carbons (Fsp3) is 0.556. The molecule has 0 bridgehead atoms. The molecule has 0 aromatic carbocycles. The maximum atomic E-state index is 5.90. The quantitative estimate of drug-likeness (QED) is 0.787. The van der Waals surface area contributed by atoms with Gasteiger partial charge in [-0.3, -0.25) is 0 Å². The van der Waals surface area contributed by atoms with Gasteiger partial charge in [-0.2, -0.15) is 0 Å². The van der Waals surface area contributed by atoms with Gasteiger partial charge < -0.3 is 10.2 Å². The van der Waals surface area contributed by atoms with E-state index in [1.165, 1.54) is 12.8 Å². The van der Waals surface area contributed by atoms with Crippen molar-refractivity contribution in [2.45, 2.75) is 25.3 Å². The van der Waals surface area contributed by atoms with Crippen LogP contribution in [0.2, 0.25) is 5.22 Å². The summed E-state index contributed by atoms with van der Waals surface area (Å²) in [6.07, 6.45) is 3.67. The van der Waals surface area contributed by atoms with Gasteiger partial charge in [-0.1, -0.05) is 12.8 Å². The molecule has 1 aliphatic rings. The number of nitrogens with two attached hydrogens (primary N) is 1. The van der Waals surface area contributed by atoms with Gasteiger partial charge in [0.1, 0.15) is 5.76 Å². The molecule has 66 valence electrons. The molecule has 1 saturated carbocycles. The molecule has 0 saturated heterocycles. The van der Waals surface area contributed by atoms with Crippen molar-refractivity contribution in [2.24, 2.45) is 11.7 Å². The van der Waals surface area contributed by atoms with E-state index in [0.29, 0.717) is 5.22 Å². The molecule has 0 unspecified atom stereocenters. The predicted octanol–water partition coefficient (Wildman–Crippen LogP) is 2.73. The minimum absolute atomic E-state index is 0.0324. The Labute approximate surface area is 76.7 Å². The van der Waals surface area contributed by atoms with Gasteiger partial charge in [0.15, 0.2) is 5.22 Å². The van der Waals surface area contributed by atoms with Gasteiger partial charge in [-0.15, -0.1) is 0 Å². The molecule has 1 aromatic rings. The Morgan fingerprint density at radius 1 is 1.58 bits per heavy atom. The van der Waals surface area contributed by atoms with E-state index in [1.54, 1.807) is 6.07 Å². The monoisotopic (exact) mass is 185 g/mol. The summed E-state index contributed by atoms with van der Waals surface area (Å²) in [5.74, 6) is 1.63. The van der Waals surface area contributed by atoms with Crippen LogP contribution in [0.15, 0.2) is 16.5 Å². The van der Waals surface area contributed by atoms with E-state index in [-0.39, 0.29) is 6.04 Å². The molecule has 12 heavy (non-hydrogen) atoms. The van der Waals surface area contributed by atoms with Crippen LogP contribution in [-0.2, 0) is 0 Å². The lowest BCUT2D eigenvalue weighted by molar-refractivity contribution is 0.441. The third kappa shape index (κ3) is 1.82. The predicted molar refractivity (Wildman–Crippen MR) is 48.0 cm³/mol. The Morgan fingerprint density at radius 3 is 2.83 bits per heavy atom. The first-order chi connectivity index (χ1) is 5.75. The molecular formula is C9H12ClNO. The molecule has 0 spiro atoms. The summed E-state index contributed by atoms with van der Waals surface area (Å²) in [4.78, 5) is 0. The summed E-state index contributed by atoms with van der Waals surface area (Å²) in [6.45, 7) is 0. The van der Waals surface area contributed by atoms with Crippen LogP contribution in [0.3, 0.4) is 0 Å². The van der Waals surface area contributed by atoms with E-state index in [0.717, 1.165) is 18.1 Å². The van der Waals surface area contributed by atoms with Crippen LogP contribution in [0.1, 0.15) is 31.1 Å². The third-order valence-corrected chi connectivity index (χ3v) is 2.45. The number of furan rings is 1. The SMILES string of the molecule is N[C@H](CC1CC1)c1ccc(Cl)o1. The number of hydrogen-bond acceptors (Lipinski definition) is 2. The fourth-order valence-corrected chi connectivity index (χ4v) is 1.51. The molecule has 1 aliphatic carbocycles. The van der Waals surface area contributed by atoms with E-state index in [9.17, 15) is 0 Å². The summed E-state index contributed by atoms with van der Waals surface area (Å²) >= 11 is 5.63. The van der Waals surface area contributed by atoms with Crippen LogP contribution >= 0.6 is 11.6 Å². The Morgan fingerprint density at radius 2 is 2.33 bits per heavy atom. The first-order valence-corrected chi connectivity index (χ1v) is 4.64. The zero-order valence-corrected chi connectivity index (χ0v) is 7.55. The molecule has 0 aliphatic heterocycles. The highest BCUT2D eigenvalue weighted by Gasteiger charge is 2.25. The lowest BCUT2D eigenvalue weighted by Crippen LogP contribution is -2.09. The summed E-state index contributed by atoms with van der Waals surface area (Å²) in [5, 5.41) is 0.427. The van der Waals surface area contributed by atoms with Crippen LogP contribution in [0.5, 0.6) is 0 Å². The van der Waals surface area contributed by atoms with Crippen molar-refractivity contribution in [3.05, 3.63) is 23.1 Å². The van der Waals surface area contributed by atoms with Crippen LogP contribution in [0, 0.1) is 5.92 Å². The molecule has 1 aromatic heterocycles. The van der Waals surface area contributed by atoms with Crippen molar-refractivity contribution < 1.29 is 4.42 Å². The second-order valence-corrected chi connectivity index (χ2v) is 3.80. The van der Waals surface area contributed by atoms with Crippen LogP contribution in [0.4, 0.5) is 0 Å². The van der Waals surface area contributed by atoms with Crippen molar-refractivity contribution in [3.8, 4) is 0 Å². The fourth-order valence-electron chi connectivity index (χ4n) is 1.36. The lowest BCUT2D eigenvalue weighted by atomic mass is 10.1. The highest BCUT2D eigenvalue weighted by Crippen LogP contribution is 2.37. The second kappa shape index (κ2) is 3.11. The van der Waals surface area contributed by atoms with Gasteiger partial charge in [0.25, 0.3) is 0 Å². The van der Waals surface area contributed by atoms with E-state index in [2.05, 4.69) is 0 Å². The topological polar surface area (TPSA) is 39.2 Å². The molecule has 1 atom stereocenters. The third-order valence-electron chi connectivity index (χ3n) is 2.24. The standard InChI is InChI=1S/C9H12ClNO/c10-9-4-3-8(12-9)7(11)5-6-1-2-6/h3-4,6-7H,1-2,5,11H2/t7-/m1/s1. The van der Waals surface area contributed by atoms with Gasteiger partial charge >= 0.3 is 0 Å². The molecule has 0 amide bonds. The number of hydrogen-bond donors (Lipinski definition) is 1. The summed E-state index contributed by atoms with van der Waals surface area (Å²) in [6, 6.07) is 3.63. The van der Waals surface area contributed by atoms with Crippen molar-refractivity contribution in [1.82, 2.24) is 0 Å². The van der Waals surface area contributed by atoms with E-state index in [4.69, 9.17) is 21.8 Å². The molecule has 2 N–H and O–H groups in total. The van der Waals surface area contributed by atoms with Crippen molar-refractivity contribution in [1.29, 1.82) is 0 Å². The summed E-state index contributed by atoms with van der Waals surface area (Å²) in [7, 11) is 0. The van der Waals surface area contributed by atoms with Crippen molar-refractivity contribution >= 4 is 11.6 Å². The number of halogens is 1. The van der Waals surface area contributed by atoms with E-state index < -0.39 is 0 Å². The summed E-state index contributed by atoms with van der Waals surface area (Å²) < 4.78 is 5.21. The van der Waals surface area contributed by atoms with Gasteiger partial charge in [-0.05, 0) is 36.1 Å². The van der Waals surface area contributed by atoms with Gasteiger partial charge in [-0.25, -0.2) is 0 Å². The van der Waals surface area contributed by atoms with Gasteiger partial charge in [0.05, 0.1) is 6.04 Å². The Hall–Kier alpha value is -0.470. The van der Waals surface area contributed by atoms with Crippen LogP contribution in [-0.4, -0.2) is 0 Å². The van der Waals surface area contributed by atoms with Gasteiger partial charge in [0.2, 0.25) is 0 Å².